The highest BCUT2D eigenvalue weighted by atomic mass is 19.4. The molecule has 1 aromatic carbocycles. The van der Waals surface area contributed by atoms with Gasteiger partial charge in [0.1, 0.15) is 0 Å². The van der Waals surface area contributed by atoms with Gasteiger partial charge in [0.05, 0.1) is 24.7 Å². The zero-order valence-corrected chi connectivity index (χ0v) is 10.1. The predicted octanol–water partition coefficient (Wildman–Crippen LogP) is 2.33. The maximum atomic E-state index is 12.9. The number of nitro benzene ring substituents is 1. The lowest BCUT2D eigenvalue weighted by atomic mass is 10.0. The van der Waals surface area contributed by atoms with Crippen molar-refractivity contribution in [2.24, 2.45) is 0 Å². The van der Waals surface area contributed by atoms with E-state index in [4.69, 9.17) is 5.11 Å². The molecule has 0 unspecified atom stereocenters. The van der Waals surface area contributed by atoms with E-state index in [1.165, 1.54) is 0 Å². The lowest BCUT2D eigenvalue weighted by Crippen LogP contribution is -2.17. The van der Waals surface area contributed by atoms with E-state index in [9.17, 15) is 28.1 Å². The molecule has 110 valence electrons. The molecule has 0 aliphatic carbocycles. The lowest BCUT2D eigenvalue weighted by molar-refractivity contribution is -0.389. The minimum absolute atomic E-state index is 0.482. The Balaban J connectivity index is 3.95. The first kappa shape index (κ1) is 15.5. The summed E-state index contributed by atoms with van der Waals surface area (Å²) in [5.41, 5.74) is -4.69. The Morgan fingerprint density at radius 3 is 2.20 bits per heavy atom. The van der Waals surface area contributed by atoms with Crippen LogP contribution >= 0.6 is 0 Å². The van der Waals surface area contributed by atoms with Crippen LogP contribution in [-0.4, -0.2) is 30.2 Å². The summed E-state index contributed by atoms with van der Waals surface area (Å²) in [5, 5.41) is 19.7. The van der Waals surface area contributed by atoms with Crippen LogP contribution in [0.25, 0.3) is 0 Å². The highest BCUT2D eigenvalue weighted by Crippen LogP contribution is 2.48. The van der Waals surface area contributed by atoms with Gasteiger partial charge in [-0.25, -0.2) is 4.79 Å². The molecule has 0 saturated heterocycles. The fraction of sp³-hybridized carbons (Fsp3) is 0.300. The molecule has 0 saturated carbocycles. The summed E-state index contributed by atoms with van der Waals surface area (Å²) in [5.74, 6) is -3.25. The molecule has 0 fully saturated rings. The van der Waals surface area contributed by atoms with E-state index in [-0.39, 0.29) is 0 Å². The molecule has 0 spiro atoms. The number of methoxy groups -OCH3 is 2. The molecule has 10 heteroatoms. The molecule has 1 aromatic rings. The van der Waals surface area contributed by atoms with Crippen molar-refractivity contribution in [1.29, 1.82) is 0 Å². The second-order valence-corrected chi connectivity index (χ2v) is 3.44. The van der Waals surface area contributed by atoms with E-state index < -0.39 is 45.4 Å². The monoisotopic (exact) mass is 295 g/mol. The molecule has 20 heavy (non-hydrogen) atoms. The fourth-order valence-electron chi connectivity index (χ4n) is 1.61. The van der Waals surface area contributed by atoms with Gasteiger partial charge in [-0.15, -0.1) is 0 Å². The minimum atomic E-state index is -5.24. The van der Waals surface area contributed by atoms with Gasteiger partial charge in [-0.05, 0) is 6.07 Å². The van der Waals surface area contributed by atoms with Crippen LogP contribution in [0.3, 0.4) is 0 Å². The van der Waals surface area contributed by atoms with Crippen molar-refractivity contribution in [1.82, 2.24) is 0 Å². The number of alkyl halides is 3. The summed E-state index contributed by atoms with van der Waals surface area (Å²) in [6.07, 6.45) is -5.24. The number of nitrogens with zero attached hydrogens (tertiary/aromatic N) is 1. The van der Waals surface area contributed by atoms with Crippen molar-refractivity contribution < 1.29 is 37.5 Å². The second-order valence-electron chi connectivity index (χ2n) is 3.44. The molecule has 0 heterocycles. The SMILES string of the molecule is COc1cc(C(=O)O)c(C(F)(F)F)c([N+](=O)[O-])c1OC. The van der Waals surface area contributed by atoms with Gasteiger partial charge in [-0.3, -0.25) is 10.1 Å². The molecule has 0 aliphatic rings. The van der Waals surface area contributed by atoms with Gasteiger partial charge in [0.15, 0.2) is 11.3 Å². The zero-order chi connectivity index (χ0) is 15.7. The first-order chi connectivity index (χ1) is 9.15. The van der Waals surface area contributed by atoms with Crippen LogP contribution in [0.5, 0.6) is 11.5 Å². The summed E-state index contributed by atoms with van der Waals surface area (Å²) in [6.45, 7) is 0. The van der Waals surface area contributed by atoms with Crippen molar-refractivity contribution in [2.75, 3.05) is 14.2 Å². The molecular weight excluding hydrogens is 287 g/mol. The van der Waals surface area contributed by atoms with Crippen LogP contribution in [0.2, 0.25) is 0 Å². The molecule has 0 aromatic heterocycles. The average molecular weight is 295 g/mol. The highest BCUT2D eigenvalue weighted by molar-refractivity contribution is 5.93. The van der Waals surface area contributed by atoms with E-state index in [2.05, 4.69) is 9.47 Å². The number of aromatic carboxylic acids is 1. The Morgan fingerprint density at radius 1 is 1.35 bits per heavy atom. The van der Waals surface area contributed by atoms with Crippen LogP contribution in [0.4, 0.5) is 18.9 Å². The smallest absolute Gasteiger partial charge is 0.424 e. The number of carboxylic acid groups (broad SMARTS) is 1. The van der Waals surface area contributed by atoms with Gasteiger partial charge in [-0.2, -0.15) is 13.2 Å². The summed E-state index contributed by atoms with van der Waals surface area (Å²) in [6, 6.07) is 0.525. The van der Waals surface area contributed by atoms with Crippen LogP contribution in [0.1, 0.15) is 15.9 Å². The third-order valence-corrected chi connectivity index (χ3v) is 2.34. The Bertz CT molecular complexity index is 569. The summed E-state index contributed by atoms with van der Waals surface area (Å²) in [7, 11) is 1.92. The highest BCUT2D eigenvalue weighted by Gasteiger charge is 2.46. The molecule has 0 aliphatic heterocycles. The standard InChI is InChI=1S/C10H8F3NO6/c1-19-5-3-4(9(15)16)6(10(11,12)13)7(14(17)18)8(5)20-2/h3H,1-2H3,(H,15,16). The Kier molecular flexibility index (Phi) is 4.06. The number of halogens is 3. The first-order valence-electron chi connectivity index (χ1n) is 4.89. The van der Waals surface area contributed by atoms with E-state index in [1.54, 1.807) is 0 Å². The maximum Gasteiger partial charge on any atom is 0.424 e. The number of benzene rings is 1. The van der Waals surface area contributed by atoms with Crippen molar-refractivity contribution in [2.45, 2.75) is 6.18 Å². The third-order valence-electron chi connectivity index (χ3n) is 2.34. The van der Waals surface area contributed by atoms with E-state index in [0.717, 1.165) is 14.2 Å². The number of nitro groups is 1. The Hall–Kier alpha value is -2.52. The number of hydrogen-bond donors (Lipinski definition) is 1. The summed E-state index contributed by atoms with van der Waals surface area (Å²) >= 11 is 0. The van der Waals surface area contributed by atoms with Gasteiger partial charge in [-0.1, -0.05) is 0 Å². The molecular formula is C10H8F3NO6. The van der Waals surface area contributed by atoms with Crippen molar-refractivity contribution in [3.05, 3.63) is 27.3 Å². The van der Waals surface area contributed by atoms with Crippen molar-refractivity contribution in [3.8, 4) is 11.5 Å². The number of hydrogen-bond acceptors (Lipinski definition) is 5. The maximum absolute atomic E-state index is 12.9. The van der Waals surface area contributed by atoms with Crippen molar-refractivity contribution >= 4 is 11.7 Å². The van der Waals surface area contributed by atoms with Gasteiger partial charge >= 0.3 is 17.8 Å². The Labute approximate surface area is 109 Å². The third kappa shape index (κ3) is 2.58. The number of carboxylic acids is 1. The fourth-order valence-corrected chi connectivity index (χ4v) is 1.61. The quantitative estimate of drug-likeness (QED) is 0.676. The lowest BCUT2D eigenvalue weighted by Gasteiger charge is -2.15. The second kappa shape index (κ2) is 5.23. The largest absolute Gasteiger partial charge is 0.493 e. The van der Waals surface area contributed by atoms with E-state index >= 15 is 0 Å². The van der Waals surface area contributed by atoms with Gasteiger partial charge in [0.25, 0.3) is 0 Å². The summed E-state index contributed by atoms with van der Waals surface area (Å²) in [4.78, 5) is 20.4. The molecule has 0 radical (unpaired) electrons. The molecule has 1 N–H and O–H groups in total. The van der Waals surface area contributed by atoms with E-state index in [0.29, 0.717) is 6.07 Å². The van der Waals surface area contributed by atoms with Crippen LogP contribution in [0.15, 0.2) is 6.07 Å². The Morgan fingerprint density at radius 2 is 1.90 bits per heavy atom. The molecule has 0 amide bonds. The summed E-state index contributed by atoms with van der Waals surface area (Å²) < 4.78 is 47.9. The van der Waals surface area contributed by atoms with Crippen LogP contribution in [0, 0.1) is 10.1 Å². The van der Waals surface area contributed by atoms with Crippen LogP contribution in [-0.2, 0) is 6.18 Å². The molecule has 0 atom stereocenters. The molecule has 1 rings (SSSR count). The molecule has 7 nitrogen and oxygen atoms in total. The van der Waals surface area contributed by atoms with Crippen molar-refractivity contribution in [3.63, 3.8) is 0 Å². The number of ether oxygens (including phenoxy) is 2. The van der Waals surface area contributed by atoms with Gasteiger partial charge in [0, 0.05) is 0 Å². The average Bonchev–Trinajstić information content (AvgIpc) is 2.34. The zero-order valence-electron chi connectivity index (χ0n) is 10.1. The van der Waals surface area contributed by atoms with E-state index in [1.807, 2.05) is 0 Å². The molecule has 0 bridgehead atoms. The predicted molar refractivity (Wildman–Crippen MR) is 58.2 cm³/mol. The van der Waals surface area contributed by atoms with Gasteiger partial charge in [0.2, 0.25) is 5.75 Å². The van der Waals surface area contributed by atoms with Crippen LogP contribution < -0.4 is 9.47 Å². The number of carbonyl (C=O) groups is 1. The number of rotatable bonds is 4. The topological polar surface area (TPSA) is 98.9 Å². The van der Waals surface area contributed by atoms with Gasteiger partial charge < -0.3 is 14.6 Å². The first-order valence-corrected chi connectivity index (χ1v) is 4.89. The normalized spacial score (nSPS) is 11.1. The minimum Gasteiger partial charge on any atom is -0.493 e.